The molecule has 0 saturated heterocycles. The largest absolute Gasteiger partial charge is 0.343 e. The van der Waals surface area contributed by atoms with Gasteiger partial charge in [-0.1, -0.05) is 19.1 Å². The van der Waals surface area contributed by atoms with Crippen molar-refractivity contribution >= 4 is 23.1 Å². The molecular formula is C17H15N3S. The lowest BCUT2D eigenvalue weighted by molar-refractivity contribution is 1.18. The molecule has 0 radical (unpaired) electrons. The van der Waals surface area contributed by atoms with E-state index >= 15 is 0 Å². The van der Waals surface area contributed by atoms with Gasteiger partial charge in [0, 0.05) is 17.6 Å². The second-order valence-electron chi connectivity index (χ2n) is 4.42. The zero-order valence-corrected chi connectivity index (χ0v) is 12.8. The molecule has 0 aliphatic carbocycles. The topological polar surface area (TPSA) is 50.8 Å². The fourth-order valence-corrected chi connectivity index (χ4v) is 2.89. The van der Waals surface area contributed by atoms with Crippen LogP contribution in [0.4, 0.5) is 11.4 Å². The lowest BCUT2D eigenvalue weighted by Crippen LogP contribution is -2.11. The normalized spacial score (nSPS) is 9.71. The summed E-state index contributed by atoms with van der Waals surface area (Å²) in [6, 6.07) is 17.7. The third kappa shape index (κ3) is 3.18. The van der Waals surface area contributed by atoms with Crippen LogP contribution in [0.3, 0.4) is 0 Å². The fraction of sp³-hybridized carbons (Fsp3) is 0.176. The Morgan fingerprint density at radius 3 is 2.52 bits per heavy atom. The summed E-state index contributed by atoms with van der Waals surface area (Å²) in [5.74, 6) is 0.922. The molecule has 2 aromatic carbocycles. The lowest BCUT2D eigenvalue weighted by Gasteiger charge is -2.22. The highest BCUT2D eigenvalue weighted by molar-refractivity contribution is 7.99. The van der Waals surface area contributed by atoms with Gasteiger partial charge in [-0.15, -0.1) is 11.8 Å². The van der Waals surface area contributed by atoms with Crippen LogP contribution in [-0.2, 0) is 0 Å². The maximum absolute atomic E-state index is 9.48. The van der Waals surface area contributed by atoms with E-state index in [0.717, 1.165) is 22.0 Å². The molecular weight excluding hydrogens is 278 g/mol. The van der Waals surface area contributed by atoms with Gasteiger partial charge in [-0.25, -0.2) is 0 Å². The van der Waals surface area contributed by atoms with Crippen LogP contribution in [-0.4, -0.2) is 12.8 Å². The number of hydrogen-bond acceptors (Lipinski definition) is 4. The maximum Gasteiger partial charge on any atom is 0.103 e. The molecule has 0 aliphatic heterocycles. The summed E-state index contributed by atoms with van der Waals surface area (Å²) in [6.45, 7) is 2.07. The van der Waals surface area contributed by atoms with E-state index in [4.69, 9.17) is 5.26 Å². The number of nitrogens with zero attached hydrogens (tertiary/aromatic N) is 3. The van der Waals surface area contributed by atoms with E-state index in [0.29, 0.717) is 11.1 Å². The summed E-state index contributed by atoms with van der Waals surface area (Å²) in [7, 11) is 1.91. The van der Waals surface area contributed by atoms with Gasteiger partial charge < -0.3 is 4.90 Å². The van der Waals surface area contributed by atoms with Gasteiger partial charge in [0.25, 0.3) is 0 Å². The average molecular weight is 293 g/mol. The molecule has 21 heavy (non-hydrogen) atoms. The molecule has 0 N–H and O–H groups in total. The van der Waals surface area contributed by atoms with Gasteiger partial charge in [0.2, 0.25) is 0 Å². The van der Waals surface area contributed by atoms with E-state index in [9.17, 15) is 5.26 Å². The van der Waals surface area contributed by atoms with Crippen LogP contribution < -0.4 is 4.90 Å². The van der Waals surface area contributed by atoms with Gasteiger partial charge in [-0.05, 0) is 36.1 Å². The Morgan fingerprint density at radius 2 is 1.86 bits per heavy atom. The van der Waals surface area contributed by atoms with Crippen molar-refractivity contribution in [2.45, 2.75) is 11.8 Å². The monoisotopic (exact) mass is 293 g/mol. The van der Waals surface area contributed by atoms with Gasteiger partial charge in [-0.3, -0.25) is 0 Å². The quantitative estimate of drug-likeness (QED) is 0.788. The minimum atomic E-state index is 0.608. The number of rotatable bonds is 4. The SMILES string of the molecule is CCSc1cccc(N(C)c2cccc(C#N)c2)c1C#N. The van der Waals surface area contributed by atoms with Crippen molar-refractivity contribution in [2.75, 3.05) is 17.7 Å². The summed E-state index contributed by atoms with van der Waals surface area (Å²) in [4.78, 5) is 2.93. The van der Waals surface area contributed by atoms with Gasteiger partial charge in [-0.2, -0.15) is 10.5 Å². The number of hydrogen-bond donors (Lipinski definition) is 0. The fourth-order valence-electron chi connectivity index (χ4n) is 2.11. The number of nitriles is 2. The Balaban J connectivity index is 2.48. The molecule has 0 heterocycles. The molecule has 0 aromatic heterocycles. The van der Waals surface area contributed by atoms with E-state index < -0.39 is 0 Å². The van der Waals surface area contributed by atoms with Crippen molar-refractivity contribution < 1.29 is 0 Å². The average Bonchev–Trinajstić information content (AvgIpc) is 2.54. The molecule has 0 atom stereocenters. The Morgan fingerprint density at radius 1 is 1.10 bits per heavy atom. The predicted molar refractivity (Wildman–Crippen MR) is 86.8 cm³/mol. The van der Waals surface area contributed by atoms with E-state index in [1.165, 1.54) is 0 Å². The smallest absolute Gasteiger partial charge is 0.103 e. The van der Waals surface area contributed by atoms with E-state index in [1.807, 2.05) is 48.3 Å². The van der Waals surface area contributed by atoms with Crippen LogP contribution in [0.5, 0.6) is 0 Å². The number of benzene rings is 2. The summed E-state index contributed by atoms with van der Waals surface area (Å²) >= 11 is 1.66. The molecule has 2 rings (SSSR count). The molecule has 0 saturated carbocycles. The van der Waals surface area contributed by atoms with Crippen molar-refractivity contribution in [1.29, 1.82) is 10.5 Å². The molecule has 0 fully saturated rings. The van der Waals surface area contributed by atoms with Crippen molar-refractivity contribution in [3.63, 3.8) is 0 Å². The zero-order chi connectivity index (χ0) is 15.2. The summed E-state index contributed by atoms with van der Waals surface area (Å²) in [5, 5.41) is 18.5. The predicted octanol–water partition coefficient (Wildman–Crippen LogP) is 4.31. The highest BCUT2D eigenvalue weighted by Gasteiger charge is 2.13. The standard InChI is InChI=1S/C17H15N3S/c1-3-21-17-9-5-8-16(15(17)12-19)20(2)14-7-4-6-13(10-14)11-18/h4-10H,3H2,1-2H3. The van der Waals surface area contributed by atoms with Crippen LogP contribution in [0.2, 0.25) is 0 Å². The van der Waals surface area contributed by atoms with Gasteiger partial charge in [0.05, 0.1) is 22.9 Å². The van der Waals surface area contributed by atoms with E-state index in [1.54, 1.807) is 17.8 Å². The maximum atomic E-state index is 9.48. The van der Waals surface area contributed by atoms with Crippen LogP contribution >= 0.6 is 11.8 Å². The number of anilines is 2. The van der Waals surface area contributed by atoms with Crippen molar-refractivity contribution in [2.24, 2.45) is 0 Å². The molecule has 4 heteroatoms. The van der Waals surface area contributed by atoms with Gasteiger partial charge in [0.15, 0.2) is 0 Å². The molecule has 0 unspecified atom stereocenters. The second kappa shape index (κ2) is 6.83. The van der Waals surface area contributed by atoms with Crippen molar-refractivity contribution in [3.8, 4) is 12.1 Å². The molecule has 0 aliphatic rings. The Labute approximate surface area is 129 Å². The van der Waals surface area contributed by atoms with Gasteiger partial charge in [0.1, 0.15) is 6.07 Å². The minimum absolute atomic E-state index is 0.608. The van der Waals surface area contributed by atoms with E-state index in [-0.39, 0.29) is 0 Å². The van der Waals surface area contributed by atoms with Crippen LogP contribution in [0.1, 0.15) is 18.1 Å². The Kier molecular flexibility index (Phi) is 4.87. The number of thioether (sulfide) groups is 1. The third-order valence-corrected chi connectivity index (χ3v) is 4.08. The van der Waals surface area contributed by atoms with Gasteiger partial charge >= 0.3 is 0 Å². The first-order valence-electron chi connectivity index (χ1n) is 6.61. The zero-order valence-electron chi connectivity index (χ0n) is 12.0. The first-order valence-corrected chi connectivity index (χ1v) is 7.59. The van der Waals surface area contributed by atoms with E-state index in [2.05, 4.69) is 19.1 Å². The van der Waals surface area contributed by atoms with Crippen molar-refractivity contribution in [3.05, 3.63) is 53.6 Å². The molecule has 2 aromatic rings. The van der Waals surface area contributed by atoms with Crippen molar-refractivity contribution in [1.82, 2.24) is 0 Å². The molecule has 0 spiro atoms. The Hall–Kier alpha value is -2.43. The lowest BCUT2D eigenvalue weighted by atomic mass is 10.1. The summed E-state index contributed by atoms with van der Waals surface area (Å²) < 4.78 is 0. The van der Waals surface area contributed by atoms with Crippen LogP contribution in [0, 0.1) is 22.7 Å². The molecule has 0 amide bonds. The van der Waals surface area contributed by atoms with Crippen LogP contribution in [0.25, 0.3) is 0 Å². The molecule has 0 bridgehead atoms. The summed E-state index contributed by atoms with van der Waals surface area (Å²) in [6.07, 6.45) is 0. The second-order valence-corrected chi connectivity index (χ2v) is 5.72. The molecule has 3 nitrogen and oxygen atoms in total. The first-order chi connectivity index (χ1) is 10.2. The Bertz CT molecular complexity index is 726. The first kappa shape index (κ1) is 15.0. The highest BCUT2D eigenvalue weighted by atomic mass is 32.2. The summed E-state index contributed by atoms with van der Waals surface area (Å²) in [5.41, 5.74) is 3.03. The third-order valence-electron chi connectivity index (χ3n) is 3.14. The minimum Gasteiger partial charge on any atom is -0.343 e. The van der Waals surface area contributed by atoms with Crippen LogP contribution in [0.15, 0.2) is 47.4 Å². The highest BCUT2D eigenvalue weighted by Crippen LogP contribution is 2.33. The molecule has 104 valence electrons.